The van der Waals surface area contributed by atoms with E-state index in [1.165, 1.54) is 12.1 Å². The zero-order valence-corrected chi connectivity index (χ0v) is 13.9. The molecule has 0 aliphatic rings. The molecule has 0 aromatic heterocycles. The molecule has 1 rings (SSSR count). The molecule has 0 aliphatic heterocycles. The van der Waals surface area contributed by atoms with Crippen LogP contribution in [-0.4, -0.2) is 23.5 Å². The Morgan fingerprint density at radius 2 is 2.00 bits per heavy atom. The van der Waals surface area contributed by atoms with Crippen molar-refractivity contribution in [3.63, 3.8) is 0 Å². The van der Waals surface area contributed by atoms with Gasteiger partial charge in [0.15, 0.2) is 0 Å². The fourth-order valence-corrected chi connectivity index (χ4v) is 2.28. The molecule has 6 heteroatoms. The molecule has 116 valence electrons. The fourth-order valence-electron chi connectivity index (χ4n) is 1.93. The van der Waals surface area contributed by atoms with Crippen molar-refractivity contribution in [2.45, 2.75) is 33.1 Å². The van der Waals surface area contributed by atoms with Crippen LogP contribution in [0.4, 0.5) is 5.69 Å². The predicted molar refractivity (Wildman–Crippen MR) is 86.4 cm³/mol. The first kappa shape index (κ1) is 17.7. The molecule has 0 bridgehead atoms. The topological polar surface area (TPSA) is 92.4 Å². The Morgan fingerprint density at radius 3 is 2.57 bits per heavy atom. The van der Waals surface area contributed by atoms with E-state index in [9.17, 15) is 9.59 Å². The second-order valence-corrected chi connectivity index (χ2v) is 6.61. The van der Waals surface area contributed by atoms with Gasteiger partial charge in [-0.1, -0.05) is 13.8 Å². The summed E-state index contributed by atoms with van der Waals surface area (Å²) in [5, 5.41) is 11.7. The first-order chi connectivity index (χ1) is 9.75. The lowest BCUT2D eigenvalue weighted by Crippen LogP contribution is -2.20. The maximum atomic E-state index is 12.0. The third kappa shape index (κ3) is 5.85. The van der Waals surface area contributed by atoms with Crippen LogP contribution in [0.2, 0.25) is 0 Å². The summed E-state index contributed by atoms with van der Waals surface area (Å²) < 4.78 is 0.655. The van der Waals surface area contributed by atoms with E-state index >= 15 is 0 Å². The maximum absolute atomic E-state index is 12.0. The van der Waals surface area contributed by atoms with Crippen molar-refractivity contribution in [1.29, 1.82) is 0 Å². The summed E-state index contributed by atoms with van der Waals surface area (Å²) in [6.45, 7) is 4.75. The molecule has 0 aliphatic carbocycles. The molecule has 1 aromatic rings. The molecule has 0 fully saturated rings. The number of hydrogen-bond donors (Lipinski definition) is 3. The lowest BCUT2D eigenvalue weighted by atomic mass is 9.84. The third-order valence-electron chi connectivity index (χ3n) is 3.34. The van der Waals surface area contributed by atoms with Gasteiger partial charge in [0.2, 0.25) is 5.91 Å². The van der Waals surface area contributed by atoms with Gasteiger partial charge in [-0.3, -0.25) is 4.79 Å². The molecule has 0 unspecified atom stereocenters. The van der Waals surface area contributed by atoms with Crippen molar-refractivity contribution in [3.8, 4) is 0 Å². The lowest BCUT2D eigenvalue weighted by Gasteiger charge is -2.23. The minimum atomic E-state index is -1.03. The molecular formula is C15H21BrN2O3. The number of hydrogen-bond acceptors (Lipinski definition) is 3. The third-order valence-corrected chi connectivity index (χ3v) is 4.03. The second-order valence-electron chi connectivity index (χ2n) is 5.75. The Bertz CT molecular complexity index is 530. The van der Waals surface area contributed by atoms with Crippen molar-refractivity contribution < 1.29 is 14.7 Å². The van der Waals surface area contributed by atoms with Gasteiger partial charge >= 0.3 is 5.97 Å². The molecule has 1 aromatic carbocycles. The average Bonchev–Trinajstić information content (AvgIpc) is 2.39. The summed E-state index contributed by atoms with van der Waals surface area (Å²) in [5.74, 6) is -1.16. The van der Waals surface area contributed by atoms with Gasteiger partial charge in [0.05, 0.1) is 11.3 Å². The number of carboxylic acid groups (broad SMARTS) is 1. The minimum Gasteiger partial charge on any atom is -0.478 e. The van der Waals surface area contributed by atoms with Crippen LogP contribution in [0.25, 0.3) is 0 Å². The standard InChI is InChI=1S/C15H21BrN2O3/c1-15(2,7-8-17)6-5-13(19)18-12-9-10(14(20)21)3-4-11(12)16/h3-4,9H,5-8,17H2,1-2H3,(H,18,19)(H,20,21). The SMILES string of the molecule is CC(C)(CCN)CCC(=O)Nc1cc(C(=O)O)ccc1Br. The Morgan fingerprint density at radius 1 is 1.33 bits per heavy atom. The number of anilines is 1. The van der Waals surface area contributed by atoms with E-state index in [1.54, 1.807) is 6.07 Å². The summed E-state index contributed by atoms with van der Waals surface area (Å²) in [7, 11) is 0. The van der Waals surface area contributed by atoms with E-state index in [4.69, 9.17) is 10.8 Å². The van der Waals surface area contributed by atoms with E-state index in [1.807, 2.05) is 0 Å². The normalized spacial score (nSPS) is 11.2. The van der Waals surface area contributed by atoms with Crippen LogP contribution >= 0.6 is 15.9 Å². The number of carboxylic acids is 1. The summed E-state index contributed by atoms with van der Waals surface area (Å²) in [6, 6.07) is 4.53. The molecule has 0 saturated carbocycles. The Kier molecular flexibility index (Phi) is 6.36. The Labute approximate surface area is 133 Å². The quantitative estimate of drug-likeness (QED) is 0.699. The molecule has 0 spiro atoms. The van der Waals surface area contributed by atoms with Gasteiger partial charge in [-0.15, -0.1) is 0 Å². The van der Waals surface area contributed by atoms with Crippen LogP contribution in [0.5, 0.6) is 0 Å². The predicted octanol–water partition coefficient (Wildman–Crippen LogP) is 3.24. The Balaban J connectivity index is 2.67. The van der Waals surface area contributed by atoms with Crippen LogP contribution < -0.4 is 11.1 Å². The highest BCUT2D eigenvalue weighted by Gasteiger charge is 2.18. The molecule has 0 radical (unpaired) electrons. The maximum Gasteiger partial charge on any atom is 0.335 e. The summed E-state index contributed by atoms with van der Waals surface area (Å²) in [6.07, 6.45) is 1.96. The molecule has 0 saturated heterocycles. The van der Waals surface area contributed by atoms with Crippen LogP contribution in [0.15, 0.2) is 22.7 Å². The van der Waals surface area contributed by atoms with Gasteiger partial charge in [0, 0.05) is 10.9 Å². The molecule has 21 heavy (non-hydrogen) atoms. The lowest BCUT2D eigenvalue weighted by molar-refractivity contribution is -0.116. The van der Waals surface area contributed by atoms with Gasteiger partial charge < -0.3 is 16.2 Å². The van der Waals surface area contributed by atoms with Gasteiger partial charge in [0.25, 0.3) is 0 Å². The van der Waals surface area contributed by atoms with Crippen molar-refractivity contribution in [2.75, 3.05) is 11.9 Å². The minimum absolute atomic E-state index is 0.0201. The van der Waals surface area contributed by atoms with Gasteiger partial charge in [-0.2, -0.15) is 0 Å². The number of halogens is 1. The Hall–Kier alpha value is -1.40. The summed E-state index contributed by atoms with van der Waals surface area (Å²) in [5.41, 5.74) is 6.17. The molecule has 4 N–H and O–H groups in total. The van der Waals surface area contributed by atoms with E-state index < -0.39 is 5.97 Å². The average molecular weight is 357 g/mol. The van der Waals surface area contributed by atoms with Crippen molar-refractivity contribution >= 4 is 33.5 Å². The zero-order valence-electron chi connectivity index (χ0n) is 12.3. The zero-order chi connectivity index (χ0) is 16.0. The number of amides is 1. The van der Waals surface area contributed by atoms with Crippen LogP contribution in [0.3, 0.4) is 0 Å². The van der Waals surface area contributed by atoms with Crippen LogP contribution in [0.1, 0.15) is 43.5 Å². The summed E-state index contributed by atoms with van der Waals surface area (Å²) >= 11 is 3.30. The molecule has 1 amide bonds. The number of carbonyl (C=O) groups is 2. The number of benzene rings is 1. The monoisotopic (exact) mass is 356 g/mol. The summed E-state index contributed by atoms with van der Waals surface area (Å²) in [4.78, 5) is 22.9. The van der Waals surface area contributed by atoms with Crippen molar-refractivity contribution in [3.05, 3.63) is 28.2 Å². The first-order valence-electron chi connectivity index (χ1n) is 6.78. The van der Waals surface area contributed by atoms with Crippen LogP contribution in [-0.2, 0) is 4.79 Å². The highest BCUT2D eigenvalue weighted by atomic mass is 79.9. The number of rotatable bonds is 7. The molecule has 0 heterocycles. The smallest absolute Gasteiger partial charge is 0.335 e. The molecule has 5 nitrogen and oxygen atoms in total. The van der Waals surface area contributed by atoms with E-state index in [-0.39, 0.29) is 16.9 Å². The number of carbonyl (C=O) groups excluding carboxylic acids is 1. The van der Waals surface area contributed by atoms with Crippen molar-refractivity contribution in [2.24, 2.45) is 11.1 Å². The highest BCUT2D eigenvalue weighted by Crippen LogP contribution is 2.27. The first-order valence-corrected chi connectivity index (χ1v) is 7.57. The van der Waals surface area contributed by atoms with Gasteiger partial charge in [0.1, 0.15) is 0 Å². The van der Waals surface area contributed by atoms with Crippen LogP contribution in [0, 0.1) is 5.41 Å². The van der Waals surface area contributed by atoms with Crippen molar-refractivity contribution in [1.82, 2.24) is 0 Å². The molecule has 0 atom stereocenters. The second kappa shape index (κ2) is 7.56. The number of nitrogens with two attached hydrogens (primary N) is 1. The van der Waals surface area contributed by atoms with E-state index in [0.717, 1.165) is 12.8 Å². The van der Waals surface area contributed by atoms with E-state index in [2.05, 4.69) is 35.1 Å². The van der Waals surface area contributed by atoms with Gasteiger partial charge in [-0.05, 0) is 58.9 Å². The molecular weight excluding hydrogens is 336 g/mol. The number of aromatic carboxylic acids is 1. The van der Waals surface area contributed by atoms with E-state index in [0.29, 0.717) is 23.1 Å². The largest absolute Gasteiger partial charge is 0.478 e. The number of nitrogens with one attached hydrogen (secondary N) is 1. The van der Waals surface area contributed by atoms with Gasteiger partial charge in [-0.25, -0.2) is 4.79 Å². The highest BCUT2D eigenvalue weighted by molar-refractivity contribution is 9.10. The fraction of sp³-hybridized carbons (Fsp3) is 0.467.